The summed E-state index contributed by atoms with van der Waals surface area (Å²) in [5, 5.41) is 2.16. The van der Waals surface area contributed by atoms with Crippen LogP contribution in [-0.4, -0.2) is 18.4 Å². The topological polar surface area (TPSA) is 85.9 Å². The Kier molecular flexibility index (Phi) is 3.84. The van der Waals surface area contributed by atoms with Crippen molar-refractivity contribution >= 4 is 37.2 Å². The number of aryl methyl sites for hydroxylation is 1. The third kappa shape index (κ3) is 2.56. The normalized spacial score (nSPS) is 14.3. The molecular formula is C22H19N3O2S. The van der Waals surface area contributed by atoms with Crippen LogP contribution in [0, 0.1) is 0 Å². The van der Waals surface area contributed by atoms with Crippen LogP contribution in [-0.2, 0) is 22.7 Å². The summed E-state index contributed by atoms with van der Waals surface area (Å²) in [6.45, 7) is 0. The maximum absolute atomic E-state index is 13.4. The van der Waals surface area contributed by atoms with Crippen molar-refractivity contribution in [2.24, 2.45) is 0 Å². The van der Waals surface area contributed by atoms with E-state index in [4.69, 9.17) is 10.7 Å². The number of rotatable bonds is 2. The second-order valence-electron chi connectivity index (χ2n) is 7.19. The first-order valence-electron chi connectivity index (χ1n) is 9.34. The van der Waals surface area contributed by atoms with E-state index >= 15 is 0 Å². The number of hydrogen-bond acceptors (Lipinski definition) is 5. The largest absolute Gasteiger partial charge is 0.398 e. The Morgan fingerprint density at radius 1 is 0.964 bits per heavy atom. The molecule has 0 unspecified atom stereocenters. The molecule has 4 aromatic rings. The highest BCUT2D eigenvalue weighted by atomic mass is 32.2. The van der Waals surface area contributed by atoms with Crippen LogP contribution in [0.5, 0.6) is 0 Å². The average molecular weight is 389 g/mol. The van der Waals surface area contributed by atoms with E-state index in [1.807, 2.05) is 6.07 Å². The van der Waals surface area contributed by atoms with Crippen molar-refractivity contribution in [3.05, 3.63) is 66.1 Å². The van der Waals surface area contributed by atoms with Gasteiger partial charge in [-0.05, 0) is 61.6 Å². The lowest BCUT2D eigenvalue weighted by Gasteiger charge is -2.19. The molecule has 0 saturated heterocycles. The molecule has 5 nitrogen and oxygen atoms in total. The Morgan fingerprint density at radius 2 is 1.82 bits per heavy atom. The van der Waals surface area contributed by atoms with Gasteiger partial charge >= 0.3 is 0 Å². The third-order valence-corrected chi connectivity index (χ3v) is 7.33. The number of benzene rings is 2. The molecule has 0 amide bonds. The minimum absolute atomic E-state index is 0.230. The monoisotopic (exact) mass is 389 g/mol. The van der Waals surface area contributed by atoms with Gasteiger partial charge in [0.2, 0.25) is 9.84 Å². The number of aromatic nitrogens is 2. The lowest BCUT2D eigenvalue weighted by Crippen LogP contribution is -2.10. The van der Waals surface area contributed by atoms with E-state index in [0.29, 0.717) is 16.5 Å². The number of sulfone groups is 1. The zero-order chi connectivity index (χ0) is 19.3. The zero-order valence-electron chi connectivity index (χ0n) is 15.2. The first-order valence-corrected chi connectivity index (χ1v) is 10.8. The Hall–Kier alpha value is -2.99. The molecular weight excluding hydrogens is 370 g/mol. The number of fused-ring (bicyclic) bond motifs is 3. The maximum Gasteiger partial charge on any atom is 0.207 e. The smallest absolute Gasteiger partial charge is 0.207 e. The van der Waals surface area contributed by atoms with Crippen molar-refractivity contribution in [2.75, 3.05) is 5.73 Å². The van der Waals surface area contributed by atoms with Crippen molar-refractivity contribution < 1.29 is 8.42 Å². The minimum atomic E-state index is -3.71. The highest BCUT2D eigenvalue weighted by molar-refractivity contribution is 7.91. The van der Waals surface area contributed by atoms with Crippen LogP contribution in [0.15, 0.2) is 64.6 Å². The highest BCUT2D eigenvalue weighted by Gasteiger charge is 2.23. The van der Waals surface area contributed by atoms with E-state index in [-0.39, 0.29) is 9.79 Å². The molecule has 1 aliphatic rings. The standard InChI is InChI=1S/C22H19N3O2S/c23-22-17-5-1-2-6-19(17)25-20-9-8-15(12-18(20)22)28(26,27)21-7-3-4-14-13-24-11-10-16(14)21/h3-4,7-13H,1-2,5-6H2,(H2,23,25). The van der Waals surface area contributed by atoms with Crippen LogP contribution in [0.25, 0.3) is 21.7 Å². The van der Waals surface area contributed by atoms with Gasteiger partial charge in [-0.25, -0.2) is 8.42 Å². The van der Waals surface area contributed by atoms with Gasteiger partial charge in [-0.3, -0.25) is 9.97 Å². The van der Waals surface area contributed by atoms with Gasteiger partial charge in [0.25, 0.3) is 0 Å². The van der Waals surface area contributed by atoms with Crippen LogP contribution in [0.4, 0.5) is 5.69 Å². The number of anilines is 1. The van der Waals surface area contributed by atoms with E-state index in [9.17, 15) is 8.42 Å². The van der Waals surface area contributed by atoms with Crippen molar-refractivity contribution in [1.82, 2.24) is 9.97 Å². The molecule has 140 valence electrons. The second kappa shape index (κ2) is 6.27. The Morgan fingerprint density at radius 3 is 2.71 bits per heavy atom. The first-order chi connectivity index (χ1) is 13.6. The average Bonchev–Trinajstić information content (AvgIpc) is 2.73. The molecule has 0 aliphatic heterocycles. The van der Waals surface area contributed by atoms with E-state index in [1.165, 1.54) is 0 Å². The number of nitrogens with two attached hydrogens (primary N) is 1. The summed E-state index contributed by atoms with van der Waals surface area (Å²) in [5.41, 5.74) is 9.98. The van der Waals surface area contributed by atoms with Crippen LogP contribution < -0.4 is 5.73 Å². The van der Waals surface area contributed by atoms with Gasteiger partial charge in [-0.15, -0.1) is 0 Å². The minimum Gasteiger partial charge on any atom is -0.398 e. The quantitative estimate of drug-likeness (QED) is 0.558. The fourth-order valence-corrected chi connectivity index (χ4v) is 5.57. The fourth-order valence-electron chi connectivity index (χ4n) is 4.06. The van der Waals surface area contributed by atoms with Crippen molar-refractivity contribution in [3.63, 3.8) is 0 Å². The predicted octanol–water partition coefficient (Wildman–Crippen LogP) is 4.08. The summed E-state index contributed by atoms with van der Waals surface area (Å²) in [6, 6.07) is 12.0. The molecule has 0 fully saturated rings. The van der Waals surface area contributed by atoms with Gasteiger partial charge in [-0.2, -0.15) is 0 Å². The molecule has 2 aromatic carbocycles. The third-order valence-electron chi connectivity index (χ3n) is 5.52. The van der Waals surface area contributed by atoms with Crippen LogP contribution in [0.1, 0.15) is 24.1 Å². The summed E-state index contributed by atoms with van der Waals surface area (Å²) in [6.07, 6.45) is 7.32. The predicted molar refractivity (Wildman–Crippen MR) is 110 cm³/mol. The zero-order valence-corrected chi connectivity index (χ0v) is 16.0. The first kappa shape index (κ1) is 17.1. The molecule has 2 N–H and O–H groups in total. The van der Waals surface area contributed by atoms with Crippen LogP contribution >= 0.6 is 0 Å². The van der Waals surface area contributed by atoms with E-state index < -0.39 is 9.84 Å². The number of pyridine rings is 2. The van der Waals surface area contributed by atoms with E-state index in [2.05, 4.69) is 4.98 Å². The van der Waals surface area contributed by atoms with E-state index in [0.717, 1.165) is 47.8 Å². The van der Waals surface area contributed by atoms with Crippen molar-refractivity contribution in [3.8, 4) is 0 Å². The summed E-state index contributed by atoms with van der Waals surface area (Å²) in [5.74, 6) is 0. The summed E-state index contributed by atoms with van der Waals surface area (Å²) in [4.78, 5) is 9.33. The maximum atomic E-state index is 13.4. The lowest BCUT2D eigenvalue weighted by atomic mass is 9.93. The number of nitrogens with zero attached hydrogens (tertiary/aromatic N) is 2. The molecule has 2 aromatic heterocycles. The molecule has 6 heteroatoms. The SMILES string of the molecule is Nc1c2c(nc3ccc(S(=O)(=O)c4cccc5cnccc45)cc13)CCCC2. The Labute approximate surface area is 163 Å². The van der Waals surface area contributed by atoms with Crippen molar-refractivity contribution in [2.45, 2.75) is 35.5 Å². The van der Waals surface area contributed by atoms with Crippen LogP contribution in [0.3, 0.4) is 0 Å². The van der Waals surface area contributed by atoms with Gasteiger partial charge in [0, 0.05) is 39.9 Å². The second-order valence-corrected chi connectivity index (χ2v) is 9.11. The lowest BCUT2D eigenvalue weighted by molar-refractivity contribution is 0.597. The summed E-state index contributed by atoms with van der Waals surface area (Å²) in [7, 11) is -3.71. The molecule has 5 rings (SSSR count). The molecule has 0 saturated carbocycles. The van der Waals surface area contributed by atoms with Crippen molar-refractivity contribution in [1.29, 1.82) is 0 Å². The number of hydrogen-bond donors (Lipinski definition) is 1. The summed E-state index contributed by atoms with van der Waals surface area (Å²) < 4.78 is 26.8. The van der Waals surface area contributed by atoms with E-state index in [1.54, 1.807) is 48.8 Å². The molecule has 2 heterocycles. The van der Waals surface area contributed by atoms with Crippen LogP contribution in [0.2, 0.25) is 0 Å². The van der Waals surface area contributed by atoms with Gasteiger partial charge in [0.1, 0.15) is 0 Å². The molecule has 0 bridgehead atoms. The number of nitrogen functional groups attached to an aromatic ring is 1. The molecule has 0 atom stereocenters. The van der Waals surface area contributed by atoms with Gasteiger partial charge < -0.3 is 5.73 Å². The summed E-state index contributed by atoms with van der Waals surface area (Å²) >= 11 is 0. The molecule has 0 spiro atoms. The highest BCUT2D eigenvalue weighted by Crippen LogP contribution is 2.34. The molecule has 28 heavy (non-hydrogen) atoms. The Balaban J connectivity index is 1.73. The molecule has 0 radical (unpaired) electrons. The molecule has 1 aliphatic carbocycles. The van der Waals surface area contributed by atoms with Gasteiger partial charge in [-0.1, -0.05) is 12.1 Å². The van der Waals surface area contributed by atoms with Gasteiger partial charge in [0.05, 0.1) is 15.3 Å². The fraction of sp³-hybridized carbons (Fsp3) is 0.182. The van der Waals surface area contributed by atoms with Gasteiger partial charge in [0.15, 0.2) is 0 Å². The Bertz CT molecular complexity index is 1340.